The SMILES string of the molecule is CC(NC1CCN(C)C1)c1ccc2ccccc2c1. The molecule has 0 amide bonds. The van der Waals surface area contributed by atoms with Crippen LogP contribution in [-0.4, -0.2) is 31.1 Å². The summed E-state index contributed by atoms with van der Waals surface area (Å²) in [6.45, 7) is 4.64. The Morgan fingerprint density at radius 1 is 1.16 bits per heavy atom. The van der Waals surface area contributed by atoms with Crippen LogP contribution in [0.4, 0.5) is 0 Å². The molecule has 1 aliphatic heterocycles. The van der Waals surface area contributed by atoms with Crippen LogP contribution in [0.15, 0.2) is 42.5 Å². The Hall–Kier alpha value is -1.38. The molecule has 0 bridgehead atoms. The minimum absolute atomic E-state index is 0.418. The highest BCUT2D eigenvalue weighted by Gasteiger charge is 2.21. The van der Waals surface area contributed by atoms with Crippen molar-refractivity contribution in [1.29, 1.82) is 0 Å². The van der Waals surface area contributed by atoms with Gasteiger partial charge in [-0.25, -0.2) is 0 Å². The molecule has 2 heteroatoms. The number of fused-ring (bicyclic) bond motifs is 1. The van der Waals surface area contributed by atoms with Crippen LogP contribution in [0.5, 0.6) is 0 Å². The summed E-state index contributed by atoms with van der Waals surface area (Å²) in [6.07, 6.45) is 1.26. The lowest BCUT2D eigenvalue weighted by atomic mass is 10.0. The predicted octanol–water partition coefficient (Wildman–Crippen LogP) is 3.19. The van der Waals surface area contributed by atoms with E-state index in [1.807, 2.05) is 0 Å². The van der Waals surface area contributed by atoms with E-state index in [-0.39, 0.29) is 0 Å². The number of nitrogens with one attached hydrogen (secondary N) is 1. The third kappa shape index (κ3) is 2.80. The normalized spacial score (nSPS) is 21.9. The quantitative estimate of drug-likeness (QED) is 0.905. The van der Waals surface area contributed by atoms with Gasteiger partial charge in [0.15, 0.2) is 0 Å². The molecular formula is C17H22N2. The molecule has 2 aromatic carbocycles. The Balaban J connectivity index is 1.75. The van der Waals surface area contributed by atoms with Crippen LogP contribution < -0.4 is 5.32 Å². The smallest absolute Gasteiger partial charge is 0.0295 e. The fourth-order valence-electron chi connectivity index (χ4n) is 3.00. The molecule has 3 rings (SSSR count). The van der Waals surface area contributed by atoms with E-state index >= 15 is 0 Å². The lowest BCUT2D eigenvalue weighted by molar-refractivity contribution is 0.387. The van der Waals surface area contributed by atoms with Crippen LogP contribution in [0.2, 0.25) is 0 Å². The number of hydrogen-bond donors (Lipinski definition) is 1. The van der Waals surface area contributed by atoms with Crippen molar-refractivity contribution >= 4 is 10.8 Å². The summed E-state index contributed by atoms with van der Waals surface area (Å²) >= 11 is 0. The first-order valence-electron chi connectivity index (χ1n) is 7.15. The molecule has 0 aliphatic carbocycles. The van der Waals surface area contributed by atoms with Gasteiger partial charge in [0.25, 0.3) is 0 Å². The molecule has 1 aliphatic rings. The highest BCUT2D eigenvalue weighted by molar-refractivity contribution is 5.83. The van der Waals surface area contributed by atoms with Crippen LogP contribution in [-0.2, 0) is 0 Å². The lowest BCUT2D eigenvalue weighted by Gasteiger charge is -2.20. The molecule has 100 valence electrons. The van der Waals surface area contributed by atoms with E-state index in [0.717, 1.165) is 6.54 Å². The molecule has 0 radical (unpaired) electrons. The summed E-state index contributed by atoms with van der Waals surface area (Å²) in [4.78, 5) is 2.39. The Morgan fingerprint density at radius 3 is 2.68 bits per heavy atom. The fourth-order valence-corrected chi connectivity index (χ4v) is 3.00. The summed E-state index contributed by atoms with van der Waals surface area (Å²) in [7, 11) is 2.20. The molecule has 1 heterocycles. The van der Waals surface area contributed by atoms with E-state index in [0.29, 0.717) is 12.1 Å². The largest absolute Gasteiger partial charge is 0.306 e. The van der Waals surface area contributed by atoms with Crippen molar-refractivity contribution in [3.8, 4) is 0 Å². The summed E-state index contributed by atoms with van der Waals surface area (Å²) in [6, 6.07) is 16.4. The van der Waals surface area contributed by atoms with Gasteiger partial charge in [-0.1, -0.05) is 36.4 Å². The highest BCUT2D eigenvalue weighted by Crippen LogP contribution is 2.21. The zero-order valence-electron chi connectivity index (χ0n) is 11.8. The third-order valence-corrected chi connectivity index (χ3v) is 4.15. The molecular weight excluding hydrogens is 232 g/mol. The first-order chi connectivity index (χ1) is 9.22. The van der Waals surface area contributed by atoms with Gasteiger partial charge in [-0.3, -0.25) is 0 Å². The fraction of sp³-hybridized carbons (Fsp3) is 0.412. The molecule has 0 spiro atoms. The molecule has 19 heavy (non-hydrogen) atoms. The molecule has 2 unspecified atom stereocenters. The average Bonchev–Trinajstić information content (AvgIpc) is 2.83. The van der Waals surface area contributed by atoms with Gasteiger partial charge in [0.1, 0.15) is 0 Å². The monoisotopic (exact) mass is 254 g/mol. The van der Waals surface area contributed by atoms with Gasteiger partial charge in [0.2, 0.25) is 0 Å². The summed E-state index contributed by atoms with van der Waals surface area (Å²) in [5.74, 6) is 0. The van der Waals surface area contributed by atoms with E-state index in [1.165, 1.54) is 29.3 Å². The molecule has 1 fully saturated rings. The van der Waals surface area contributed by atoms with Crippen molar-refractivity contribution in [3.05, 3.63) is 48.0 Å². The van der Waals surface area contributed by atoms with Crippen LogP contribution in [0.1, 0.15) is 24.9 Å². The second kappa shape index (κ2) is 5.32. The summed E-state index contributed by atoms with van der Waals surface area (Å²) < 4.78 is 0. The van der Waals surface area contributed by atoms with Crippen molar-refractivity contribution in [2.75, 3.05) is 20.1 Å². The number of hydrogen-bond acceptors (Lipinski definition) is 2. The Kier molecular flexibility index (Phi) is 3.54. The van der Waals surface area contributed by atoms with E-state index in [4.69, 9.17) is 0 Å². The molecule has 0 aromatic heterocycles. The van der Waals surface area contributed by atoms with Gasteiger partial charge in [0, 0.05) is 18.6 Å². The van der Waals surface area contributed by atoms with E-state index in [9.17, 15) is 0 Å². The minimum atomic E-state index is 0.418. The molecule has 0 saturated carbocycles. The summed E-state index contributed by atoms with van der Waals surface area (Å²) in [5.41, 5.74) is 1.38. The predicted molar refractivity (Wildman–Crippen MR) is 81.4 cm³/mol. The Morgan fingerprint density at radius 2 is 1.95 bits per heavy atom. The Labute approximate surface area is 115 Å². The van der Waals surface area contributed by atoms with E-state index in [2.05, 4.69) is 66.7 Å². The van der Waals surface area contributed by atoms with E-state index < -0.39 is 0 Å². The van der Waals surface area contributed by atoms with E-state index in [1.54, 1.807) is 0 Å². The number of benzene rings is 2. The number of nitrogens with zero attached hydrogens (tertiary/aromatic N) is 1. The van der Waals surface area contributed by atoms with Crippen molar-refractivity contribution in [1.82, 2.24) is 10.2 Å². The van der Waals surface area contributed by atoms with Gasteiger partial charge >= 0.3 is 0 Å². The molecule has 2 aromatic rings. The second-order valence-corrected chi connectivity index (χ2v) is 5.74. The van der Waals surface area contributed by atoms with Crippen molar-refractivity contribution in [2.24, 2.45) is 0 Å². The molecule has 2 atom stereocenters. The maximum Gasteiger partial charge on any atom is 0.0295 e. The maximum atomic E-state index is 3.75. The van der Waals surface area contributed by atoms with Crippen LogP contribution in [0, 0.1) is 0 Å². The number of likely N-dealkylation sites (tertiary alicyclic amines) is 1. The first kappa shape index (κ1) is 12.6. The standard InChI is InChI=1S/C17H22N2/c1-13(18-17-9-10-19(2)12-17)15-8-7-14-5-3-4-6-16(14)11-15/h3-8,11,13,17-18H,9-10,12H2,1-2H3. The average molecular weight is 254 g/mol. The van der Waals surface area contributed by atoms with Crippen molar-refractivity contribution in [3.63, 3.8) is 0 Å². The zero-order chi connectivity index (χ0) is 13.2. The van der Waals surface area contributed by atoms with Crippen LogP contribution in [0.3, 0.4) is 0 Å². The van der Waals surface area contributed by atoms with Crippen molar-refractivity contribution < 1.29 is 0 Å². The van der Waals surface area contributed by atoms with Gasteiger partial charge in [-0.05, 0) is 49.3 Å². The molecule has 1 saturated heterocycles. The lowest BCUT2D eigenvalue weighted by Crippen LogP contribution is -2.33. The van der Waals surface area contributed by atoms with Gasteiger partial charge in [0.05, 0.1) is 0 Å². The van der Waals surface area contributed by atoms with Gasteiger partial charge in [-0.15, -0.1) is 0 Å². The zero-order valence-corrected chi connectivity index (χ0v) is 11.8. The highest BCUT2D eigenvalue weighted by atomic mass is 15.2. The first-order valence-corrected chi connectivity index (χ1v) is 7.15. The second-order valence-electron chi connectivity index (χ2n) is 5.74. The topological polar surface area (TPSA) is 15.3 Å². The van der Waals surface area contributed by atoms with Gasteiger partial charge < -0.3 is 10.2 Å². The van der Waals surface area contributed by atoms with Crippen LogP contribution >= 0.6 is 0 Å². The van der Waals surface area contributed by atoms with Crippen LogP contribution in [0.25, 0.3) is 10.8 Å². The van der Waals surface area contributed by atoms with Gasteiger partial charge in [-0.2, -0.15) is 0 Å². The molecule has 2 nitrogen and oxygen atoms in total. The summed E-state index contributed by atoms with van der Waals surface area (Å²) in [5, 5.41) is 6.40. The third-order valence-electron chi connectivity index (χ3n) is 4.15. The Bertz CT molecular complexity index is 564. The maximum absolute atomic E-state index is 3.75. The van der Waals surface area contributed by atoms with Crippen molar-refractivity contribution in [2.45, 2.75) is 25.4 Å². The molecule has 1 N–H and O–H groups in total. The number of likely N-dealkylation sites (N-methyl/N-ethyl adjacent to an activating group) is 1. The number of rotatable bonds is 3. The minimum Gasteiger partial charge on any atom is -0.306 e.